The van der Waals surface area contributed by atoms with E-state index in [2.05, 4.69) is 10.5 Å². The summed E-state index contributed by atoms with van der Waals surface area (Å²) in [7, 11) is -4.05. The summed E-state index contributed by atoms with van der Waals surface area (Å²) in [4.78, 5) is 12.8. The summed E-state index contributed by atoms with van der Waals surface area (Å²) in [6.07, 6.45) is 1.48. The van der Waals surface area contributed by atoms with Crippen LogP contribution in [-0.2, 0) is 14.8 Å². The van der Waals surface area contributed by atoms with Gasteiger partial charge in [-0.15, -0.1) is 0 Å². The topological polar surface area (TPSA) is 83.8 Å². The number of benzene rings is 3. The smallest absolute Gasteiger partial charge is 0.264 e. The van der Waals surface area contributed by atoms with Gasteiger partial charge in [-0.25, -0.2) is 18.2 Å². The summed E-state index contributed by atoms with van der Waals surface area (Å²) in [5.41, 5.74) is 5.93. The fourth-order valence-corrected chi connectivity index (χ4v) is 5.53. The Labute approximate surface area is 219 Å². The van der Waals surface area contributed by atoms with Gasteiger partial charge in [-0.3, -0.25) is 9.10 Å². The molecular formula is C27H24ClFN4O3S. The minimum absolute atomic E-state index is 0.0412. The van der Waals surface area contributed by atoms with Gasteiger partial charge < -0.3 is 4.57 Å². The average Bonchev–Trinajstić information content (AvgIpc) is 3.16. The van der Waals surface area contributed by atoms with Crippen LogP contribution < -0.4 is 9.73 Å². The molecule has 0 saturated heterocycles. The fourth-order valence-electron chi connectivity index (χ4n) is 3.91. The highest BCUT2D eigenvalue weighted by atomic mass is 35.5. The summed E-state index contributed by atoms with van der Waals surface area (Å²) in [6, 6.07) is 22.1. The minimum Gasteiger partial charge on any atom is -0.318 e. The number of carbonyl (C=O) groups is 1. The molecular weight excluding hydrogens is 515 g/mol. The Balaban J connectivity index is 1.54. The third-order valence-electron chi connectivity index (χ3n) is 5.66. The van der Waals surface area contributed by atoms with E-state index < -0.39 is 22.5 Å². The average molecular weight is 539 g/mol. The lowest BCUT2D eigenvalue weighted by molar-refractivity contribution is -0.119. The van der Waals surface area contributed by atoms with Crippen LogP contribution >= 0.6 is 11.6 Å². The molecule has 0 radical (unpaired) electrons. The van der Waals surface area contributed by atoms with Crippen LogP contribution in [0, 0.1) is 19.7 Å². The molecule has 0 aliphatic rings. The summed E-state index contributed by atoms with van der Waals surface area (Å²) in [5, 5.41) is 4.37. The first kappa shape index (κ1) is 26.1. The third-order valence-corrected chi connectivity index (χ3v) is 7.69. The number of aromatic nitrogens is 1. The Hall–Kier alpha value is -3.95. The van der Waals surface area contributed by atoms with E-state index >= 15 is 0 Å². The van der Waals surface area contributed by atoms with Crippen molar-refractivity contribution in [1.29, 1.82) is 0 Å². The molecule has 1 aromatic heterocycles. The van der Waals surface area contributed by atoms with E-state index in [4.69, 9.17) is 11.6 Å². The number of sulfonamides is 1. The molecule has 0 bridgehead atoms. The Kier molecular flexibility index (Phi) is 7.75. The summed E-state index contributed by atoms with van der Waals surface area (Å²) in [6.45, 7) is 3.28. The van der Waals surface area contributed by atoms with Gasteiger partial charge in [0.05, 0.1) is 16.8 Å². The van der Waals surface area contributed by atoms with Gasteiger partial charge in [0.15, 0.2) is 0 Å². The molecule has 10 heteroatoms. The van der Waals surface area contributed by atoms with Crippen LogP contribution in [0.3, 0.4) is 0 Å². The first-order chi connectivity index (χ1) is 17.7. The van der Waals surface area contributed by atoms with E-state index in [9.17, 15) is 17.6 Å². The predicted molar refractivity (Wildman–Crippen MR) is 143 cm³/mol. The second-order valence-electron chi connectivity index (χ2n) is 8.24. The Morgan fingerprint density at radius 1 is 1.03 bits per heavy atom. The van der Waals surface area contributed by atoms with Crippen molar-refractivity contribution >= 4 is 39.4 Å². The summed E-state index contributed by atoms with van der Waals surface area (Å²) < 4.78 is 43.0. The molecule has 0 spiro atoms. The number of rotatable bonds is 8. The number of hydrogen-bond acceptors (Lipinski definition) is 4. The van der Waals surface area contributed by atoms with E-state index in [1.54, 1.807) is 48.5 Å². The van der Waals surface area contributed by atoms with Gasteiger partial charge in [0.25, 0.3) is 15.9 Å². The number of hydrogen-bond donors (Lipinski definition) is 1. The SMILES string of the molecule is Cc1cc(/C=N/NC(=O)CN(c2cccc(Cl)c2)S(=O)(=O)c2ccccc2)c(C)n1-c1ccc(F)cc1. The van der Waals surface area contributed by atoms with Gasteiger partial charge in [0, 0.05) is 27.7 Å². The lowest BCUT2D eigenvalue weighted by atomic mass is 10.2. The molecule has 0 unspecified atom stereocenters. The number of hydrazone groups is 1. The lowest BCUT2D eigenvalue weighted by Gasteiger charge is -2.23. The van der Waals surface area contributed by atoms with Gasteiger partial charge in [0.2, 0.25) is 0 Å². The highest BCUT2D eigenvalue weighted by molar-refractivity contribution is 7.92. The molecule has 4 rings (SSSR count). The van der Waals surface area contributed by atoms with E-state index in [1.165, 1.54) is 36.5 Å². The maximum atomic E-state index is 13.4. The number of nitrogens with zero attached hydrogens (tertiary/aromatic N) is 3. The number of carbonyl (C=O) groups excluding carboxylic acids is 1. The van der Waals surface area contributed by atoms with Crippen LogP contribution in [0.2, 0.25) is 5.02 Å². The Morgan fingerprint density at radius 2 is 1.73 bits per heavy atom. The number of aryl methyl sites for hydroxylation is 1. The molecule has 1 heterocycles. The molecule has 0 atom stereocenters. The first-order valence-corrected chi connectivity index (χ1v) is 13.1. The quantitative estimate of drug-likeness (QED) is 0.246. The molecule has 3 aromatic carbocycles. The van der Waals surface area contributed by atoms with Crippen LogP contribution in [0.1, 0.15) is 17.0 Å². The van der Waals surface area contributed by atoms with Crippen molar-refractivity contribution in [3.05, 3.63) is 113 Å². The van der Waals surface area contributed by atoms with E-state index in [0.717, 1.165) is 26.9 Å². The zero-order chi connectivity index (χ0) is 26.6. The minimum atomic E-state index is -4.05. The monoisotopic (exact) mass is 538 g/mol. The van der Waals surface area contributed by atoms with E-state index in [1.807, 2.05) is 24.5 Å². The number of anilines is 1. The standard InChI is InChI=1S/C27H24ClFN4O3S/c1-19-15-21(20(2)33(19)24-13-11-23(29)12-14-24)17-30-31-27(34)18-32(25-8-6-7-22(28)16-25)37(35,36)26-9-4-3-5-10-26/h3-17H,18H2,1-2H3,(H,31,34)/b30-17+. The van der Waals surface area contributed by atoms with Gasteiger partial charge in [-0.2, -0.15) is 5.10 Å². The normalized spacial score (nSPS) is 11.6. The van der Waals surface area contributed by atoms with E-state index in [0.29, 0.717) is 5.02 Å². The molecule has 37 heavy (non-hydrogen) atoms. The number of amides is 1. The van der Waals surface area contributed by atoms with Gasteiger partial charge in [-0.1, -0.05) is 35.9 Å². The van der Waals surface area contributed by atoms with Crippen molar-refractivity contribution < 1.29 is 17.6 Å². The zero-order valence-electron chi connectivity index (χ0n) is 20.1. The molecule has 190 valence electrons. The van der Waals surface area contributed by atoms with Crippen molar-refractivity contribution in [3.63, 3.8) is 0 Å². The summed E-state index contributed by atoms with van der Waals surface area (Å²) in [5.74, 6) is -0.958. The lowest BCUT2D eigenvalue weighted by Crippen LogP contribution is -2.39. The van der Waals surface area contributed by atoms with Crippen LogP contribution in [-0.4, -0.2) is 31.7 Å². The maximum absolute atomic E-state index is 13.4. The summed E-state index contributed by atoms with van der Waals surface area (Å²) >= 11 is 6.09. The largest absolute Gasteiger partial charge is 0.318 e. The molecule has 4 aromatic rings. The van der Waals surface area contributed by atoms with Crippen molar-refractivity contribution in [2.75, 3.05) is 10.8 Å². The molecule has 1 N–H and O–H groups in total. The van der Waals surface area contributed by atoms with Crippen molar-refractivity contribution in [2.45, 2.75) is 18.7 Å². The van der Waals surface area contributed by atoms with Crippen LogP contribution in [0.5, 0.6) is 0 Å². The molecule has 0 saturated carbocycles. The Morgan fingerprint density at radius 3 is 2.41 bits per heavy atom. The molecule has 1 amide bonds. The number of nitrogens with one attached hydrogen (secondary N) is 1. The molecule has 0 fully saturated rings. The number of halogens is 2. The highest BCUT2D eigenvalue weighted by Gasteiger charge is 2.27. The second kappa shape index (κ2) is 11.0. The second-order valence-corrected chi connectivity index (χ2v) is 10.5. The third kappa shape index (κ3) is 5.90. The van der Waals surface area contributed by atoms with Crippen LogP contribution in [0.4, 0.5) is 10.1 Å². The molecule has 7 nitrogen and oxygen atoms in total. The van der Waals surface area contributed by atoms with Crippen LogP contribution in [0.15, 0.2) is 94.9 Å². The molecule has 0 aliphatic heterocycles. The molecule has 0 aliphatic carbocycles. The maximum Gasteiger partial charge on any atom is 0.264 e. The Bertz CT molecular complexity index is 1550. The van der Waals surface area contributed by atoms with Crippen molar-refractivity contribution in [2.24, 2.45) is 5.10 Å². The zero-order valence-corrected chi connectivity index (χ0v) is 21.7. The van der Waals surface area contributed by atoms with Crippen LogP contribution in [0.25, 0.3) is 5.69 Å². The van der Waals surface area contributed by atoms with Gasteiger partial charge in [0.1, 0.15) is 12.4 Å². The first-order valence-electron chi connectivity index (χ1n) is 11.3. The predicted octanol–water partition coefficient (Wildman–Crippen LogP) is 5.23. The highest BCUT2D eigenvalue weighted by Crippen LogP contribution is 2.26. The van der Waals surface area contributed by atoms with Crippen molar-refractivity contribution in [1.82, 2.24) is 9.99 Å². The van der Waals surface area contributed by atoms with Gasteiger partial charge >= 0.3 is 0 Å². The van der Waals surface area contributed by atoms with Crippen molar-refractivity contribution in [3.8, 4) is 5.69 Å². The van der Waals surface area contributed by atoms with E-state index in [-0.39, 0.29) is 16.4 Å². The fraction of sp³-hybridized carbons (Fsp3) is 0.111. The van der Waals surface area contributed by atoms with Gasteiger partial charge in [-0.05, 0) is 74.5 Å².